The molecule has 1 unspecified atom stereocenters. The van der Waals surface area contributed by atoms with Crippen LogP contribution in [0.25, 0.3) is 0 Å². The molecular formula is C5H8O2. The summed E-state index contributed by atoms with van der Waals surface area (Å²) in [6, 6.07) is 0. The summed E-state index contributed by atoms with van der Waals surface area (Å²) in [4.78, 5) is 0. The first kappa shape index (κ1) is 3.87. The standard InChI is InChI=1S/C5H8O2/c6-5-1-2-7-4(5)3-5/h4,6H,1-3H2/t4?,5-/m0/s1. The van der Waals surface area contributed by atoms with Crippen molar-refractivity contribution in [3.63, 3.8) is 0 Å². The Hall–Kier alpha value is -0.0800. The topological polar surface area (TPSA) is 29.5 Å². The minimum Gasteiger partial charge on any atom is -0.387 e. The van der Waals surface area contributed by atoms with E-state index in [9.17, 15) is 0 Å². The number of rotatable bonds is 0. The van der Waals surface area contributed by atoms with Gasteiger partial charge in [0.15, 0.2) is 0 Å². The first-order valence-electron chi connectivity index (χ1n) is 2.65. The smallest absolute Gasteiger partial charge is 0.0956 e. The van der Waals surface area contributed by atoms with Crippen molar-refractivity contribution in [2.24, 2.45) is 0 Å². The van der Waals surface area contributed by atoms with Crippen molar-refractivity contribution in [1.29, 1.82) is 0 Å². The fourth-order valence-corrected chi connectivity index (χ4v) is 1.12. The van der Waals surface area contributed by atoms with Crippen LogP contribution in [0, 0.1) is 0 Å². The van der Waals surface area contributed by atoms with Gasteiger partial charge < -0.3 is 9.84 Å². The zero-order chi connectivity index (χ0) is 4.91. The molecule has 0 bridgehead atoms. The summed E-state index contributed by atoms with van der Waals surface area (Å²) < 4.78 is 5.08. The molecule has 40 valence electrons. The van der Waals surface area contributed by atoms with E-state index in [0.717, 1.165) is 19.4 Å². The third-order valence-electron chi connectivity index (χ3n) is 1.83. The Morgan fingerprint density at radius 1 is 1.71 bits per heavy atom. The second-order valence-electron chi connectivity index (χ2n) is 2.42. The van der Waals surface area contributed by atoms with Crippen molar-refractivity contribution in [3.05, 3.63) is 0 Å². The highest BCUT2D eigenvalue weighted by molar-refractivity contribution is 5.08. The number of ether oxygens (including phenoxy) is 1. The van der Waals surface area contributed by atoms with Crippen molar-refractivity contribution in [3.8, 4) is 0 Å². The van der Waals surface area contributed by atoms with Crippen LogP contribution in [0.5, 0.6) is 0 Å². The van der Waals surface area contributed by atoms with E-state index in [0.29, 0.717) is 0 Å². The molecule has 2 nitrogen and oxygen atoms in total. The van der Waals surface area contributed by atoms with Gasteiger partial charge in [0, 0.05) is 19.4 Å². The van der Waals surface area contributed by atoms with Crippen molar-refractivity contribution < 1.29 is 9.84 Å². The zero-order valence-corrected chi connectivity index (χ0v) is 4.05. The highest BCUT2D eigenvalue weighted by Crippen LogP contribution is 2.46. The van der Waals surface area contributed by atoms with Crippen LogP contribution in [0.4, 0.5) is 0 Å². The molecule has 0 aromatic rings. The monoisotopic (exact) mass is 100 g/mol. The molecule has 7 heavy (non-hydrogen) atoms. The summed E-state index contributed by atoms with van der Waals surface area (Å²) in [6.07, 6.45) is 1.96. The summed E-state index contributed by atoms with van der Waals surface area (Å²) in [7, 11) is 0. The lowest BCUT2D eigenvalue weighted by molar-refractivity contribution is 0.124. The third kappa shape index (κ3) is 0.359. The lowest BCUT2D eigenvalue weighted by Gasteiger charge is -1.93. The van der Waals surface area contributed by atoms with Gasteiger partial charge in [0.25, 0.3) is 0 Å². The molecule has 0 aromatic carbocycles. The van der Waals surface area contributed by atoms with Crippen LogP contribution in [-0.2, 0) is 4.74 Å². The summed E-state index contributed by atoms with van der Waals surface area (Å²) >= 11 is 0. The van der Waals surface area contributed by atoms with Gasteiger partial charge in [0.05, 0.1) is 11.7 Å². The number of hydrogen-bond acceptors (Lipinski definition) is 2. The van der Waals surface area contributed by atoms with Crippen molar-refractivity contribution >= 4 is 0 Å². The first-order valence-corrected chi connectivity index (χ1v) is 2.65. The van der Waals surface area contributed by atoms with Gasteiger partial charge in [-0.15, -0.1) is 0 Å². The molecule has 1 N–H and O–H groups in total. The summed E-state index contributed by atoms with van der Waals surface area (Å²) in [5, 5.41) is 9.14. The highest BCUT2D eigenvalue weighted by Gasteiger charge is 2.57. The van der Waals surface area contributed by atoms with E-state index in [1.165, 1.54) is 0 Å². The van der Waals surface area contributed by atoms with E-state index < -0.39 is 0 Å². The van der Waals surface area contributed by atoms with Crippen LogP contribution in [0.15, 0.2) is 0 Å². The predicted molar refractivity (Wildman–Crippen MR) is 23.9 cm³/mol. The molecule has 2 fully saturated rings. The number of hydrogen-bond donors (Lipinski definition) is 1. The molecule has 0 spiro atoms. The zero-order valence-electron chi connectivity index (χ0n) is 4.05. The van der Waals surface area contributed by atoms with E-state index in [1.807, 2.05) is 0 Å². The molecule has 0 aromatic heterocycles. The predicted octanol–water partition coefficient (Wildman–Crippen LogP) is -0.0899. The second kappa shape index (κ2) is 0.858. The average Bonchev–Trinajstić information content (AvgIpc) is 2.09. The Morgan fingerprint density at radius 2 is 2.57 bits per heavy atom. The van der Waals surface area contributed by atoms with Gasteiger partial charge in [-0.1, -0.05) is 0 Å². The maximum absolute atomic E-state index is 9.14. The van der Waals surface area contributed by atoms with E-state index in [1.54, 1.807) is 0 Å². The van der Waals surface area contributed by atoms with Gasteiger partial charge in [-0.2, -0.15) is 0 Å². The van der Waals surface area contributed by atoms with Gasteiger partial charge in [0.1, 0.15) is 0 Å². The largest absolute Gasteiger partial charge is 0.387 e. The molecule has 2 heteroatoms. The SMILES string of the molecule is O[C@]12CCOC1C2. The van der Waals surface area contributed by atoms with Crippen molar-refractivity contribution in [2.75, 3.05) is 6.61 Å². The molecule has 1 saturated heterocycles. The number of fused-ring (bicyclic) bond motifs is 1. The fraction of sp³-hybridized carbons (Fsp3) is 1.00. The Morgan fingerprint density at radius 3 is 2.71 bits per heavy atom. The molecule has 0 amide bonds. The van der Waals surface area contributed by atoms with Crippen LogP contribution < -0.4 is 0 Å². The van der Waals surface area contributed by atoms with Crippen LogP contribution in [0.3, 0.4) is 0 Å². The lowest BCUT2D eigenvalue weighted by Crippen LogP contribution is -2.05. The molecule has 0 radical (unpaired) electrons. The van der Waals surface area contributed by atoms with Crippen LogP contribution in [0.2, 0.25) is 0 Å². The molecule has 2 aliphatic rings. The summed E-state index contributed by atoms with van der Waals surface area (Å²) in [6.45, 7) is 0.765. The Balaban J connectivity index is 2.17. The van der Waals surface area contributed by atoms with E-state index >= 15 is 0 Å². The van der Waals surface area contributed by atoms with Gasteiger partial charge in [-0.05, 0) is 0 Å². The van der Waals surface area contributed by atoms with Gasteiger partial charge in [-0.3, -0.25) is 0 Å². The quantitative estimate of drug-likeness (QED) is 0.461. The second-order valence-corrected chi connectivity index (χ2v) is 2.42. The third-order valence-corrected chi connectivity index (χ3v) is 1.83. The summed E-state index contributed by atoms with van der Waals surface area (Å²) in [5.41, 5.74) is -0.361. The molecule has 2 atom stereocenters. The van der Waals surface area contributed by atoms with Crippen molar-refractivity contribution in [2.45, 2.75) is 24.5 Å². The van der Waals surface area contributed by atoms with E-state index in [2.05, 4.69) is 0 Å². The van der Waals surface area contributed by atoms with Crippen molar-refractivity contribution in [1.82, 2.24) is 0 Å². The molecule has 1 aliphatic carbocycles. The molecule has 1 aliphatic heterocycles. The highest BCUT2D eigenvalue weighted by atomic mass is 16.5. The summed E-state index contributed by atoms with van der Waals surface area (Å²) in [5.74, 6) is 0. The Labute approximate surface area is 42.1 Å². The average molecular weight is 100 g/mol. The Bertz CT molecular complexity index is 100. The first-order chi connectivity index (χ1) is 3.31. The minimum atomic E-state index is -0.361. The molecule has 2 rings (SSSR count). The molecule has 1 saturated carbocycles. The molecule has 1 heterocycles. The van der Waals surface area contributed by atoms with Gasteiger partial charge >= 0.3 is 0 Å². The fourth-order valence-electron chi connectivity index (χ4n) is 1.12. The maximum atomic E-state index is 9.14. The van der Waals surface area contributed by atoms with Crippen LogP contribution in [0.1, 0.15) is 12.8 Å². The lowest BCUT2D eigenvalue weighted by atomic mass is 10.3. The normalized spacial score (nSPS) is 57.0. The minimum absolute atomic E-state index is 0.215. The van der Waals surface area contributed by atoms with Crippen LogP contribution in [-0.4, -0.2) is 23.4 Å². The molecular weight excluding hydrogens is 92.1 g/mol. The van der Waals surface area contributed by atoms with Gasteiger partial charge in [-0.25, -0.2) is 0 Å². The van der Waals surface area contributed by atoms with E-state index in [4.69, 9.17) is 9.84 Å². The van der Waals surface area contributed by atoms with E-state index in [-0.39, 0.29) is 11.7 Å². The maximum Gasteiger partial charge on any atom is 0.0956 e. The van der Waals surface area contributed by atoms with Crippen LogP contribution >= 0.6 is 0 Å². The Kier molecular flexibility index (Phi) is 0.474. The number of aliphatic hydroxyl groups is 1. The van der Waals surface area contributed by atoms with Gasteiger partial charge in [0.2, 0.25) is 0 Å².